The molecule has 1 spiro atoms. The number of benzene rings is 1. The molecule has 1 fully saturated rings. The van der Waals surface area contributed by atoms with E-state index in [9.17, 15) is 4.79 Å². The molecule has 0 saturated carbocycles. The molecule has 0 N–H and O–H groups in total. The molecule has 2 aliphatic rings. The van der Waals surface area contributed by atoms with Gasteiger partial charge in [0.25, 0.3) is 0 Å². The van der Waals surface area contributed by atoms with Crippen LogP contribution in [0, 0.1) is 0 Å². The SMILES string of the molecule is CC(=O)O[C@@H]1C=CC2(OCCO2)[C@H](Sc2ccccc2)C1. The number of ether oxygens (including phenoxy) is 3. The summed E-state index contributed by atoms with van der Waals surface area (Å²) in [7, 11) is 0. The third-order valence-electron chi connectivity index (χ3n) is 3.52. The first-order valence-corrected chi connectivity index (χ1v) is 7.92. The Balaban J connectivity index is 1.80. The van der Waals surface area contributed by atoms with E-state index in [-0.39, 0.29) is 17.3 Å². The molecule has 0 amide bonds. The van der Waals surface area contributed by atoms with Crippen molar-refractivity contribution in [3.63, 3.8) is 0 Å². The first-order chi connectivity index (χ1) is 10.2. The van der Waals surface area contributed by atoms with Crippen LogP contribution in [0.3, 0.4) is 0 Å². The van der Waals surface area contributed by atoms with Crippen LogP contribution in [0.15, 0.2) is 47.4 Å². The maximum absolute atomic E-state index is 11.2. The lowest BCUT2D eigenvalue weighted by atomic mass is 9.98. The van der Waals surface area contributed by atoms with Crippen molar-refractivity contribution < 1.29 is 19.0 Å². The fourth-order valence-corrected chi connectivity index (χ4v) is 3.93. The summed E-state index contributed by atoms with van der Waals surface area (Å²) < 4.78 is 17.0. The van der Waals surface area contributed by atoms with E-state index >= 15 is 0 Å². The minimum Gasteiger partial charge on any atom is -0.458 e. The van der Waals surface area contributed by atoms with Crippen LogP contribution in [-0.2, 0) is 19.0 Å². The predicted octanol–water partition coefficient (Wildman–Crippen LogP) is 2.78. The predicted molar refractivity (Wildman–Crippen MR) is 80.0 cm³/mol. The number of carbonyl (C=O) groups is 1. The second-order valence-corrected chi connectivity index (χ2v) is 6.36. The summed E-state index contributed by atoms with van der Waals surface area (Å²) in [4.78, 5) is 12.3. The van der Waals surface area contributed by atoms with E-state index in [0.29, 0.717) is 19.6 Å². The zero-order valence-corrected chi connectivity index (χ0v) is 12.7. The fraction of sp³-hybridized carbons (Fsp3) is 0.438. The molecule has 1 heterocycles. The maximum atomic E-state index is 11.2. The Morgan fingerprint density at radius 1 is 1.29 bits per heavy atom. The first kappa shape index (κ1) is 14.6. The molecule has 0 unspecified atom stereocenters. The highest BCUT2D eigenvalue weighted by Crippen LogP contribution is 2.42. The minimum atomic E-state index is -0.697. The standard InChI is InChI=1S/C16H18O4S/c1-12(17)20-13-7-8-16(18-9-10-19-16)15(11-13)21-14-5-3-2-4-6-14/h2-8,13,15H,9-11H2,1H3/t13-,15-/m1/s1. The van der Waals surface area contributed by atoms with E-state index in [0.717, 1.165) is 4.90 Å². The van der Waals surface area contributed by atoms with Crippen molar-refractivity contribution in [1.82, 2.24) is 0 Å². The average Bonchev–Trinajstić information content (AvgIpc) is 2.93. The molecule has 2 atom stereocenters. The summed E-state index contributed by atoms with van der Waals surface area (Å²) >= 11 is 1.70. The lowest BCUT2D eigenvalue weighted by Crippen LogP contribution is -2.45. The molecule has 0 aromatic heterocycles. The number of hydrogen-bond donors (Lipinski definition) is 0. The van der Waals surface area contributed by atoms with Gasteiger partial charge in [0, 0.05) is 18.2 Å². The van der Waals surface area contributed by atoms with E-state index in [4.69, 9.17) is 14.2 Å². The molecule has 0 bridgehead atoms. The van der Waals surface area contributed by atoms with Gasteiger partial charge in [0.2, 0.25) is 5.79 Å². The van der Waals surface area contributed by atoms with Crippen molar-refractivity contribution >= 4 is 17.7 Å². The topological polar surface area (TPSA) is 44.8 Å². The number of esters is 1. The van der Waals surface area contributed by atoms with E-state index in [2.05, 4.69) is 12.1 Å². The Kier molecular flexibility index (Phi) is 4.33. The maximum Gasteiger partial charge on any atom is 0.303 e. The quantitative estimate of drug-likeness (QED) is 0.635. The van der Waals surface area contributed by atoms with E-state index in [1.807, 2.05) is 30.4 Å². The molecule has 112 valence electrons. The summed E-state index contributed by atoms with van der Waals surface area (Å²) in [5.74, 6) is -0.964. The fourth-order valence-electron chi connectivity index (χ4n) is 2.62. The molecule has 3 rings (SSSR count). The zero-order valence-electron chi connectivity index (χ0n) is 11.9. The van der Waals surface area contributed by atoms with Crippen LogP contribution >= 0.6 is 11.8 Å². The summed E-state index contributed by atoms with van der Waals surface area (Å²) in [6.45, 7) is 2.61. The Morgan fingerprint density at radius 2 is 2.00 bits per heavy atom. The zero-order chi connectivity index (χ0) is 14.7. The monoisotopic (exact) mass is 306 g/mol. The lowest BCUT2D eigenvalue weighted by Gasteiger charge is -2.37. The van der Waals surface area contributed by atoms with Crippen molar-refractivity contribution in [1.29, 1.82) is 0 Å². The minimum absolute atomic E-state index is 0.0525. The number of carbonyl (C=O) groups excluding carboxylic acids is 1. The van der Waals surface area contributed by atoms with Gasteiger partial charge >= 0.3 is 5.97 Å². The molecule has 1 aromatic carbocycles. The highest BCUT2D eigenvalue weighted by atomic mass is 32.2. The molecule has 0 radical (unpaired) electrons. The van der Waals surface area contributed by atoms with Gasteiger partial charge in [0.1, 0.15) is 6.10 Å². The van der Waals surface area contributed by atoms with Crippen LogP contribution in [0.1, 0.15) is 13.3 Å². The Bertz CT molecular complexity index is 522. The second kappa shape index (κ2) is 6.22. The third kappa shape index (κ3) is 3.31. The second-order valence-electron chi connectivity index (χ2n) is 5.08. The lowest BCUT2D eigenvalue weighted by molar-refractivity contribution is -0.150. The van der Waals surface area contributed by atoms with Crippen molar-refractivity contribution in [3.05, 3.63) is 42.5 Å². The van der Waals surface area contributed by atoms with Crippen molar-refractivity contribution in [2.45, 2.75) is 35.4 Å². The van der Waals surface area contributed by atoms with Crippen LogP contribution < -0.4 is 0 Å². The van der Waals surface area contributed by atoms with Gasteiger partial charge in [-0.2, -0.15) is 0 Å². The van der Waals surface area contributed by atoms with Crippen LogP contribution in [-0.4, -0.2) is 36.3 Å². The smallest absolute Gasteiger partial charge is 0.303 e. The van der Waals surface area contributed by atoms with Gasteiger partial charge in [0.05, 0.1) is 18.5 Å². The molecule has 1 saturated heterocycles. The van der Waals surface area contributed by atoms with E-state index in [1.54, 1.807) is 11.8 Å². The number of rotatable bonds is 3. The summed E-state index contributed by atoms with van der Waals surface area (Å²) in [5, 5.41) is 0.0525. The average molecular weight is 306 g/mol. The Morgan fingerprint density at radius 3 is 2.67 bits per heavy atom. The van der Waals surface area contributed by atoms with Gasteiger partial charge in [-0.1, -0.05) is 18.2 Å². The van der Waals surface area contributed by atoms with Gasteiger partial charge < -0.3 is 14.2 Å². The normalized spacial score (nSPS) is 26.9. The van der Waals surface area contributed by atoms with Crippen molar-refractivity contribution in [3.8, 4) is 0 Å². The number of hydrogen-bond acceptors (Lipinski definition) is 5. The molecular weight excluding hydrogens is 288 g/mol. The van der Waals surface area contributed by atoms with Crippen LogP contribution in [0.5, 0.6) is 0 Å². The molecule has 1 aliphatic heterocycles. The van der Waals surface area contributed by atoms with E-state index in [1.165, 1.54) is 6.92 Å². The van der Waals surface area contributed by atoms with Crippen LogP contribution in [0.25, 0.3) is 0 Å². The van der Waals surface area contributed by atoms with Gasteiger partial charge in [-0.25, -0.2) is 0 Å². The molecule has 4 nitrogen and oxygen atoms in total. The Hall–Kier alpha value is -1.30. The first-order valence-electron chi connectivity index (χ1n) is 7.04. The summed E-state index contributed by atoms with van der Waals surface area (Å²) in [6, 6.07) is 10.1. The number of thioether (sulfide) groups is 1. The highest BCUT2D eigenvalue weighted by molar-refractivity contribution is 8.00. The summed E-state index contributed by atoms with van der Waals surface area (Å²) in [6.07, 6.45) is 4.23. The van der Waals surface area contributed by atoms with Crippen molar-refractivity contribution in [2.24, 2.45) is 0 Å². The van der Waals surface area contributed by atoms with Gasteiger partial charge in [0.15, 0.2) is 0 Å². The molecule has 21 heavy (non-hydrogen) atoms. The Labute approximate surface area is 128 Å². The summed E-state index contributed by atoms with van der Waals surface area (Å²) in [5.41, 5.74) is 0. The molecule has 5 heteroatoms. The highest BCUT2D eigenvalue weighted by Gasteiger charge is 2.46. The van der Waals surface area contributed by atoms with Crippen molar-refractivity contribution in [2.75, 3.05) is 13.2 Å². The molecular formula is C16H18O4S. The third-order valence-corrected chi connectivity index (χ3v) is 4.87. The van der Waals surface area contributed by atoms with Gasteiger partial charge in [-0.15, -0.1) is 11.8 Å². The van der Waals surface area contributed by atoms with Gasteiger partial charge in [-0.3, -0.25) is 4.79 Å². The molecule has 1 aliphatic carbocycles. The largest absolute Gasteiger partial charge is 0.458 e. The van der Waals surface area contributed by atoms with Gasteiger partial charge in [-0.05, 0) is 24.3 Å². The van der Waals surface area contributed by atoms with E-state index < -0.39 is 5.79 Å². The molecule has 1 aromatic rings. The van der Waals surface area contributed by atoms with Crippen LogP contribution in [0.4, 0.5) is 0 Å². The van der Waals surface area contributed by atoms with Crippen LogP contribution in [0.2, 0.25) is 0 Å².